The van der Waals surface area contributed by atoms with E-state index in [9.17, 15) is 0 Å². The Bertz CT molecular complexity index is 344. The second kappa shape index (κ2) is 6.17. The SMILES string of the molecule is CCc1cc(CC)n(CCCC(C)(N)CO)n1. The molecule has 1 aromatic heterocycles. The Hall–Kier alpha value is -0.870. The first kappa shape index (κ1) is 14.2. The normalized spacial score (nSPS) is 14.9. The van der Waals surface area contributed by atoms with Crippen LogP contribution in [0.15, 0.2) is 6.07 Å². The molecule has 4 nitrogen and oxygen atoms in total. The first-order valence-corrected chi connectivity index (χ1v) is 6.47. The smallest absolute Gasteiger partial charge is 0.0624 e. The summed E-state index contributed by atoms with van der Waals surface area (Å²) in [7, 11) is 0. The quantitative estimate of drug-likeness (QED) is 0.758. The highest BCUT2D eigenvalue weighted by atomic mass is 16.3. The van der Waals surface area contributed by atoms with E-state index in [0.717, 1.165) is 37.9 Å². The van der Waals surface area contributed by atoms with Crippen LogP contribution in [0.3, 0.4) is 0 Å². The number of hydrogen-bond donors (Lipinski definition) is 2. The highest BCUT2D eigenvalue weighted by Gasteiger charge is 2.16. The number of hydrogen-bond acceptors (Lipinski definition) is 3. The molecule has 0 bridgehead atoms. The van der Waals surface area contributed by atoms with Gasteiger partial charge in [0.25, 0.3) is 0 Å². The van der Waals surface area contributed by atoms with Crippen LogP contribution >= 0.6 is 0 Å². The van der Waals surface area contributed by atoms with Crippen molar-refractivity contribution >= 4 is 0 Å². The van der Waals surface area contributed by atoms with E-state index in [1.54, 1.807) is 0 Å². The molecule has 0 radical (unpaired) electrons. The summed E-state index contributed by atoms with van der Waals surface area (Å²) in [6, 6.07) is 2.17. The molecule has 1 heterocycles. The van der Waals surface area contributed by atoms with Crippen LogP contribution in [-0.4, -0.2) is 27.0 Å². The zero-order valence-corrected chi connectivity index (χ0v) is 11.2. The highest BCUT2D eigenvalue weighted by molar-refractivity contribution is 5.10. The number of aliphatic hydroxyl groups excluding tert-OH is 1. The van der Waals surface area contributed by atoms with Gasteiger partial charge in [0.05, 0.1) is 12.3 Å². The molecule has 0 aliphatic rings. The number of rotatable bonds is 7. The number of aryl methyl sites for hydroxylation is 3. The van der Waals surface area contributed by atoms with Crippen molar-refractivity contribution in [2.45, 2.75) is 58.5 Å². The fourth-order valence-corrected chi connectivity index (χ4v) is 1.88. The van der Waals surface area contributed by atoms with Crippen molar-refractivity contribution in [2.75, 3.05) is 6.61 Å². The Balaban J connectivity index is 2.54. The van der Waals surface area contributed by atoms with E-state index in [0.29, 0.717) is 0 Å². The molecular weight excluding hydrogens is 214 g/mol. The van der Waals surface area contributed by atoms with Crippen LogP contribution in [0.1, 0.15) is 45.0 Å². The lowest BCUT2D eigenvalue weighted by molar-refractivity contribution is 0.196. The van der Waals surface area contributed by atoms with Gasteiger partial charge in [0.1, 0.15) is 0 Å². The molecule has 1 aromatic rings. The summed E-state index contributed by atoms with van der Waals surface area (Å²) in [4.78, 5) is 0. The predicted octanol–water partition coefficient (Wildman–Crippen LogP) is 1.50. The Labute approximate surface area is 104 Å². The van der Waals surface area contributed by atoms with Crippen molar-refractivity contribution in [3.05, 3.63) is 17.5 Å². The van der Waals surface area contributed by atoms with E-state index >= 15 is 0 Å². The minimum absolute atomic E-state index is 0.0347. The highest BCUT2D eigenvalue weighted by Crippen LogP contribution is 2.11. The molecule has 17 heavy (non-hydrogen) atoms. The molecular formula is C13H25N3O. The molecule has 0 aliphatic carbocycles. The summed E-state index contributed by atoms with van der Waals surface area (Å²) in [5.41, 5.74) is 7.87. The van der Waals surface area contributed by atoms with Crippen molar-refractivity contribution in [1.82, 2.24) is 9.78 Å². The van der Waals surface area contributed by atoms with Crippen LogP contribution in [-0.2, 0) is 19.4 Å². The van der Waals surface area contributed by atoms with Crippen LogP contribution in [0.25, 0.3) is 0 Å². The molecule has 0 fully saturated rings. The van der Waals surface area contributed by atoms with E-state index in [1.807, 2.05) is 6.92 Å². The van der Waals surface area contributed by atoms with E-state index in [1.165, 1.54) is 5.69 Å². The van der Waals surface area contributed by atoms with Crippen LogP contribution < -0.4 is 5.73 Å². The molecule has 3 N–H and O–H groups in total. The summed E-state index contributed by atoms with van der Waals surface area (Å²) in [6.07, 6.45) is 3.75. The monoisotopic (exact) mass is 239 g/mol. The number of aromatic nitrogens is 2. The molecule has 0 aromatic carbocycles. The first-order chi connectivity index (χ1) is 8.02. The van der Waals surface area contributed by atoms with Gasteiger partial charge >= 0.3 is 0 Å². The van der Waals surface area contributed by atoms with Crippen LogP contribution in [0.5, 0.6) is 0 Å². The minimum atomic E-state index is -0.465. The van der Waals surface area contributed by atoms with Gasteiger partial charge in [-0.05, 0) is 38.7 Å². The number of nitrogens with zero attached hydrogens (tertiary/aromatic N) is 2. The summed E-state index contributed by atoms with van der Waals surface area (Å²) >= 11 is 0. The molecule has 1 atom stereocenters. The lowest BCUT2D eigenvalue weighted by Gasteiger charge is -2.21. The molecule has 0 amide bonds. The van der Waals surface area contributed by atoms with E-state index in [4.69, 9.17) is 10.8 Å². The van der Waals surface area contributed by atoms with Gasteiger partial charge in [0.15, 0.2) is 0 Å². The standard InChI is InChI=1S/C13H25N3O/c1-4-11-9-12(5-2)16(15-11)8-6-7-13(3,14)10-17/h9,17H,4-8,10,14H2,1-3H3. The Morgan fingerprint density at radius 1 is 1.41 bits per heavy atom. The van der Waals surface area contributed by atoms with Gasteiger partial charge in [-0.25, -0.2) is 0 Å². The van der Waals surface area contributed by atoms with Gasteiger partial charge in [0, 0.05) is 17.8 Å². The van der Waals surface area contributed by atoms with Crippen molar-refractivity contribution in [3.63, 3.8) is 0 Å². The lowest BCUT2D eigenvalue weighted by Crippen LogP contribution is -2.40. The van der Waals surface area contributed by atoms with Gasteiger partial charge in [-0.2, -0.15) is 5.10 Å². The molecule has 4 heteroatoms. The van der Waals surface area contributed by atoms with Gasteiger partial charge < -0.3 is 10.8 Å². The number of aliphatic hydroxyl groups is 1. The summed E-state index contributed by atoms with van der Waals surface area (Å²) < 4.78 is 2.08. The fraction of sp³-hybridized carbons (Fsp3) is 0.769. The average Bonchev–Trinajstić information content (AvgIpc) is 2.71. The Morgan fingerprint density at radius 2 is 2.12 bits per heavy atom. The maximum Gasteiger partial charge on any atom is 0.0624 e. The third-order valence-electron chi connectivity index (χ3n) is 3.12. The Kier molecular flexibility index (Phi) is 5.15. The third kappa shape index (κ3) is 4.13. The van der Waals surface area contributed by atoms with E-state index in [2.05, 4.69) is 29.7 Å². The summed E-state index contributed by atoms with van der Waals surface area (Å²) in [5.74, 6) is 0. The maximum atomic E-state index is 9.09. The summed E-state index contributed by atoms with van der Waals surface area (Å²) in [6.45, 7) is 7.07. The van der Waals surface area contributed by atoms with Gasteiger partial charge in [-0.15, -0.1) is 0 Å². The zero-order valence-electron chi connectivity index (χ0n) is 11.2. The van der Waals surface area contributed by atoms with Gasteiger partial charge in [-0.3, -0.25) is 4.68 Å². The molecule has 1 rings (SSSR count). The molecule has 0 saturated carbocycles. The summed E-state index contributed by atoms with van der Waals surface area (Å²) in [5, 5.41) is 13.6. The van der Waals surface area contributed by atoms with E-state index < -0.39 is 5.54 Å². The van der Waals surface area contributed by atoms with Gasteiger partial charge in [-0.1, -0.05) is 13.8 Å². The van der Waals surface area contributed by atoms with Crippen LogP contribution in [0, 0.1) is 0 Å². The topological polar surface area (TPSA) is 64.1 Å². The maximum absolute atomic E-state index is 9.09. The van der Waals surface area contributed by atoms with Crippen LogP contribution in [0.2, 0.25) is 0 Å². The lowest BCUT2D eigenvalue weighted by atomic mass is 9.98. The van der Waals surface area contributed by atoms with Crippen LogP contribution in [0.4, 0.5) is 0 Å². The van der Waals surface area contributed by atoms with Crippen molar-refractivity contribution in [1.29, 1.82) is 0 Å². The predicted molar refractivity (Wildman–Crippen MR) is 69.9 cm³/mol. The zero-order chi connectivity index (χ0) is 12.9. The molecule has 1 unspecified atom stereocenters. The largest absolute Gasteiger partial charge is 0.394 e. The Morgan fingerprint density at radius 3 is 2.65 bits per heavy atom. The second-order valence-corrected chi connectivity index (χ2v) is 4.97. The fourth-order valence-electron chi connectivity index (χ4n) is 1.88. The first-order valence-electron chi connectivity index (χ1n) is 6.47. The third-order valence-corrected chi connectivity index (χ3v) is 3.12. The minimum Gasteiger partial charge on any atom is -0.394 e. The number of nitrogens with two attached hydrogens (primary N) is 1. The molecule has 0 aliphatic heterocycles. The van der Waals surface area contributed by atoms with Gasteiger partial charge in [0.2, 0.25) is 0 Å². The second-order valence-electron chi connectivity index (χ2n) is 4.97. The van der Waals surface area contributed by atoms with Crippen molar-refractivity contribution in [2.24, 2.45) is 5.73 Å². The van der Waals surface area contributed by atoms with E-state index in [-0.39, 0.29) is 6.61 Å². The van der Waals surface area contributed by atoms with Crippen molar-refractivity contribution in [3.8, 4) is 0 Å². The molecule has 98 valence electrons. The molecule has 0 saturated heterocycles. The van der Waals surface area contributed by atoms with Crippen molar-refractivity contribution < 1.29 is 5.11 Å². The average molecular weight is 239 g/mol. The molecule has 0 spiro atoms.